The molecule has 6 nitrogen and oxygen atoms in total. The summed E-state index contributed by atoms with van der Waals surface area (Å²) in [7, 11) is -3.58. The van der Waals surface area contributed by atoms with Gasteiger partial charge in [-0.2, -0.15) is 5.26 Å². The highest BCUT2D eigenvalue weighted by Gasteiger charge is 2.15. The van der Waals surface area contributed by atoms with Crippen molar-refractivity contribution in [3.8, 4) is 6.07 Å². The molecule has 98 valence electrons. The molecule has 18 heavy (non-hydrogen) atoms. The molecular weight excluding hydrogens is 276 g/mol. The maximum absolute atomic E-state index is 11.7. The second kappa shape index (κ2) is 6.49. The number of aliphatic carboxylic acids is 1. The third kappa shape index (κ3) is 4.44. The maximum atomic E-state index is 11.7. The molecule has 1 aromatic rings. The van der Waals surface area contributed by atoms with Crippen molar-refractivity contribution in [1.82, 2.24) is 4.72 Å². The zero-order chi connectivity index (χ0) is 13.6. The van der Waals surface area contributed by atoms with Gasteiger partial charge in [0.1, 0.15) is 15.2 Å². The number of nitrogens with zero attached hydrogens (tertiary/aromatic N) is 1. The average Bonchev–Trinajstić information content (AvgIpc) is 2.77. The molecule has 1 aromatic heterocycles. The highest BCUT2D eigenvalue weighted by molar-refractivity contribution is 7.91. The molecule has 0 aliphatic heterocycles. The summed E-state index contributed by atoms with van der Waals surface area (Å²) in [6, 6.07) is 4.70. The van der Waals surface area contributed by atoms with Crippen LogP contribution in [0.1, 0.15) is 24.1 Å². The predicted octanol–water partition coefficient (Wildman–Crippen LogP) is 1.15. The number of hydrogen-bond donors (Lipinski definition) is 2. The van der Waals surface area contributed by atoms with Gasteiger partial charge in [-0.25, -0.2) is 13.1 Å². The van der Waals surface area contributed by atoms with Gasteiger partial charge < -0.3 is 5.11 Å². The molecule has 2 N–H and O–H groups in total. The Morgan fingerprint density at radius 2 is 2.17 bits per heavy atom. The second-order valence-corrected chi connectivity index (χ2v) is 6.56. The lowest BCUT2D eigenvalue weighted by atomic mass is 10.2. The molecule has 0 saturated carbocycles. The van der Waals surface area contributed by atoms with Crippen LogP contribution >= 0.6 is 11.3 Å². The Hall–Kier alpha value is -1.43. The molecule has 0 fully saturated rings. The van der Waals surface area contributed by atoms with Gasteiger partial charge in [0.15, 0.2) is 0 Å². The summed E-state index contributed by atoms with van der Waals surface area (Å²) in [5, 5.41) is 17.0. The van der Waals surface area contributed by atoms with Gasteiger partial charge >= 0.3 is 5.97 Å². The Morgan fingerprint density at radius 1 is 1.44 bits per heavy atom. The van der Waals surface area contributed by atoms with Crippen molar-refractivity contribution in [2.24, 2.45) is 0 Å². The highest BCUT2D eigenvalue weighted by Crippen LogP contribution is 2.20. The molecule has 0 amide bonds. The minimum Gasteiger partial charge on any atom is -0.481 e. The van der Waals surface area contributed by atoms with E-state index < -0.39 is 16.0 Å². The molecule has 0 bridgehead atoms. The lowest BCUT2D eigenvalue weighted by Gasteiger charge is -2.03. The first kappa shape index (κ1) is 14.6. The van der Waals surface area contributed by atoms with E-state index in [0.29, 0.717) is 17.7 Å². The third-order valence-corrected chi connectivity index (χ3v) is 5.01. The van der Waals surface area contributed by atoms with Gasteiger partial charge in [-0.05, 0) is 25.0 Å². The number of rotatable bonds is 7. The summed E-state index contributed by atoms with van der Waals surface area (Å²) < 4.78 is 25.9. The third-order valence-electron chi connectivity index (χ3n) is 2.07. The van der Waals surface area contributed by atoms with Gasteiger partial charge in [0.2, 0.25) is 10.0 Å². The summed E-state index contributed by atoms with van der Waals surface area (Å²) in [5.41, 5.74) is 0. The Labute approximate surface area is 109 Å². The van der Waals surface area contributed by atoms with Crippen molar-refractivity contribution >= 4 is 27.3 Å². The largest absolute Gasteiger partial charge is 0.481 e. The van der Waals surface area contributed by atoms with Crippen LogP contribution in [0.15, 0.2) is 16.3 Å². The Kier molecular flexibility index (Phi) is 5.27. The van der Waals surface area contributed by atoms with Crippen LogP contribution in [0.4, 0.5) is 0 Å². The zero-order valence-corrected chi connectivity index (χ0v) is 11.1. The van der Waals surface area contributed by atoms with E-state index in [9.17, 15) is 13.2 Å². The van der Waals surface area contributed by atoms with Crippen molar-refractivity contribution < 1.29 is 18.3 Å². The minimum absolute atomic E-state index is 0.0271. The van der Waals surface area contributed by atoms with Crippen LogP contribution < -0.4 is 4.72 Å². The van der Waals surface area contributed by atoms with Crippen LogP contribution in [0.5, 0.6) is 0 Å². The molecule has 0 aromatic carbocycles. The van der Waals surface area contributed by atoms with Crippen molar-refractivity contribution in [3.05, 3.63) is 17.0 Å². The molecule has 0 saturated heterocycles. The molecule has 0 unspecified atom stereocenters. The van der Waals surface area contributed by atoms with Gasteiger partial charge in [-0.15, -0.1) is 11.3 Å². The normalized spacial score (nSPS) is 11.1. The van der Waals surface area contributed by atoms with Crippen LogP contribution in [0.2, 0.25) is 0 Å². The molecule has 1 heterocycles. The zero-order valence-electron chi connectivity index (χ0n) is 9.42. The quantitative estimate of drug-likeness (QED) is 0.732. The Balaban J connectivity index is 2.46. The summed E-state index contributed by atoms with van der Waals surface area (Å²) in [4.78, 5) is 10.6. The SMILES string of the molecule is N#Cc1ccc(S(=O)(=O)NCCCCC(=O)O)s1. The maximum Gasteiger partial charge on any atom is 0.303 e. The standard InChI is InChI=1S/C10H12N2O4S2/c11-7-8-4-5-10(17-8)18(15,16)12-6-2-1-3-9(13)14/h4-5,12H,1-3,6H2,(H,13,14). The number of carboxylic acid groups (broad SMARTS) is 1. The van der Waals surface area contributed by atoms with Gasteiger partial charge in [0.25, 0.3) is 0 Å². The van der Waals surface area contributed by atoms with Crippen LogP contribution in [-0.2, 0) is 14.8 Å². The number of nitrogens with one attached hydrogen (secondary N) is 1. The fourth-order valence-electron chi connectivity index (χ4n) is 1.20. The fraction of sp³-hybridized carbons (Fsp3) is 0.400. The first-order chi connectivity index (χ1) is 8.45. The number of carboxylic acids is 1. The molecule has 0 atom stereocenters. The van der Waals surface area contributed by atoms with E-state index >= 15 is 0 Å². The summed E-state index contributed by atoms with van der Waals surface area (Å²) in [6.07, 6.45) is 0.910. The van der Waals surface area contributed by atoms with E-state index in [1.165, 1.54) is 12.1 Å². The predicted molar refractivity (Wildman–Crippen MR) is 65.7 cm³/mol. The van der Waals surface area contributed by atoms with Gasteiger partial charge in [-0.1, -0.05) is 0 Å². The summed E-state index contributed by atoms with van der Waals surface area (Å²) >= 11 is 0.903. The summed E-state index contributed by atoms with van der Waals surface area (Å²) in [5.74, 6) is -0.894. The number of nitriles is 1. The van der Waals surface area contributed by atoms with Crippen LogP contribution in [0, 0.1) is 11.3 Å². The number of sulfonamides is 1. The molecule has 0 aliphatic rings. The monoisotopic (exact) mass is 288 g/mol. The molecule has 0 radical (unpaired) electrons. The molecular formula is C10H12N2O4S2. The van der Waals surface area contributed by atoms with E-state index in [2.05, 4.69) is 4.72 Å². The molecule has 0 spiro atoms. The number of carbonyl (C=O) groups is 1. The van der Waals surface area contributed by atoms with Gasteiger partial charge in [-0.3, -0.25) is 4.79 Å². The average molecular weight is 288 g/mol. The summed E-state index contributed by atoms with van der Waals surface area (Å²) in [6.45, 7) is 0.190. The first-order valence-electron chi connectivity index (χ1n) is 5.17. The second-order valence-electron chi connectivity index (χ2n) is 3.48. The molecule has 1 rings (SSSR count). The lowest BCUT2D eigenvalue weighted by Crippen LogP contribution is -2.24. The first-order valence-corrected chi connectivity index (χ1v) is 7.47. The number of thiophene rings is 1. The van der Waals surface area contributed by atoms with E-state index in [-0.39, 0.29) is 17.2 Å². The van der Waals surface area contributed by atoms with Crippen molar-refractivity contribution in [2.75, 3.05) is 6.54 Å². The van der Waals surface area contributed by atoms with Crippen LogP contribution in [0.25, 0.3) is 0 Å². The molecule has 8 heteroatoms. The van der Waals surface area contributed by atoms with Crippen LogP contribution in [0.3, 0.4) is 0 Å². The van der Waals surface area contributed by atoms with Gasteiger partial charge in [0, 0.05) is 13.0 Å². The number of unbranched alkanes of at least 4 members (excludes halogenated alkanes) is 1. The van der Waals surface area contributed by atoms with Crippen molar-refractivity contribution in [1.29, 1.82) is 5.26 Å². The van der Waals surface area contributed by atoms with Crippen LogP contribution in [-0.4, -0.2) is 26.0 Å². The van der Waals surface area contributed by atoms with Crippen molar-refractivity contribution in [3.63, 3.8) is 0 Å². The Morgan fingerprint density at radius 3 is 2.72 bits per heavy atom. The van der Waals surface area contributed by atoms with E-state index in [4.69, 9.17) is 10.4 Å². The smallest absolute Gasteiger partial charge is 0.303 e. The van der Waals surface area contributed by atoms with E-state index in [1.807, 2.05) is 6.07 Å². The minimum atomic E-state index is -3.58. The van der Waals surface area contributed by atoms with Crippen molar-refractivity contribution in [2.45, 2.75) is 23.5 Å². The Bertz CT molecular complexity index is 557. The lowest BCUT2D eigenvalue weighted by molar-refractivity contribution is -0.137. The highest BCUT2D eigenvalue weighted by atomic mass is 32.2. The topological polar surface area (TPSA) is 107 Å². The fourth-order valence-corrected chi connectivity index (χ4v) is 3.43. The number of hydrogen-bond acceptors (Lipinski definition) is 5. The van der Waals surface area contributed by atoms with E-state index in [0.717, 1.165) is 11.3 Å². The van der Waals surface area contributed by atoms with E-state index in [1.54, 1.807) is 0 Å². The molecule has 0 aliphatic carbocycles. The van der Waals surface area contributed by atoms with Gasteiger partial charge in [0.05, 0.1) is 0 Å².